The van der Waals surface area contributed by atoms with Crippen molar-refractivity contribution in [2.24, 2.45) is 5.92 Å². The zero-order chi connectivity index (χ0) is 22.7. The summed E-state index contributed by atoms with van der Waals surface area (Å²) >= 11 is 0. The van der Waals surface area contributed by atoms with Crippen LogP contribution >= 0.6 is 0 Å². The van der Waals surface area contributed by atoms with Gasteiger partial charge in [-0.1, -0.05) is 54.6 Å². The van der Waals surface area contributed by atoms with E-state index in [1.165, 1.54) is 24.0 Å². The molecule has 2 aromatic rings. The van der Waals surface area contributed by atoms with E-state index in [4.69, 9.17) is 9.47 Å². The minimum absolute atomic E-state index is 0.186. The van der Waals surface area contributed by atoms with Gasteiger partial charge in [0.15, 0.2) is 0 Å². The Balaban J connectivity index is 1.45. The number of carbonyl (C=O) groups is 2. The molecule has 0 aromatic heterocycles. The molecular formula is C27H33NO4. The van der Waals surface area contributed by atoms with Gasteiger partial charge in [0, 0.05) is 6.54 Å². The van der Waals surface area contributed by atoms with E-state index in [1.807, 2.05) is 51.1 Å². The fourth-order valence-corrected chi connectivity index (χ4v) is 4.37. The zero-order valence-corrected chi connectivity index (χ0v) is 19.3. The molecule has 1 amide bonds. The molecule has 1 aliphatic heterocycles. The third-order valence-corrected chi connectivity index (χ3v) is 6.04. The topological polar surface area (TPSA) is 55.8 Å². The zero-order valence-electron chi connectivity index (χ0n) is 19.3. The number of rotatable bonds is 6. The van der Waals surface area contributed by atoms with Crippen molar-refractivity contribution < 1.29 is 19.1 Å². The van der Waals surface area contributed by atoms with E-state index in [-0.39, 0.29) is 18.5 Å². The highest BCUT2D eigenvalue weighted by molar-refractivity contribution is 5.82. The number of hydrogen-bond acceptors (Lipinski definition) is 4. The minimum Gasteiger partial charge on any atom is -0.459 e. The summed E-state index contributed by atoms with van der Waals surface area (Å²) in [4.78, 5) is 27.4. The number of carbonyl (C=O) groups excluding carboxylic acids is 2. The van der Waals surface area contributed by atoms with Gasteiger partial charge in [-0.3, -0.25) is 4.90 Å². The Labute approximate surface area is 190 Å². The number of likely N-dealkylation sites (tertiary alicyclic amines) is 1. The number of hydrogen-bond donors (Lipinski definition) is 0. The standard InChI is InChI=1S/C27H33NO4/c1-27(2,3)32-26(30)28-17-21(14-20-10-7-11-23(15-20)22-12-13-22)16-24(28)25(29)31-18-19-8-5-4-6-9-19/h4-11,15,21-22,24H,12-14,16-18H2,1-3H3/t21-,24+/m0/s1. The van der Waals surface area contributed by atoms with Crippen LogP contribution in [0, 0.1) is 5.92 Å². The molecule has 0 N–H and O–H groups in total. The summed E-state index contributed by atoms with van der Waals surface area (Å²) in [7, 11) is 0. The molecule has 5 nitrogen and oxygen atoms in total. The molecule has 0 unspecified atom stereocenters. The van der Waals surface area contributed by atoms with Crippen LogP contribution in [0.1, 0.15) is 62.6 Å². The molecule has 2 aliphatic rings. The van der Waals surface area contributed by atoms with Crippen molar-refractivity contribution in [2.45, 2.75) is 70.6 Å². The number of nitrogens with zero attached hydrogens (tertiary/aromatic N) is 1. The molecule has 32 heavy (non-hydrogen) atoms. The highest BCUT2D eigenvalue weighted by atomic mass is 16.6. The van der Waals surface area contributed by atoms with Gasteiger partial charge in [0.2, 0.25) is 0 Å². The number of benzene rings is 2. The van der Waals surface area contributed by atoms with Crippen molar-refractivity contribution in [1.82, 2.24) is 4.90 Å². The van der Waals surface area contributed by atoms with E-state index in [1.54, 1.807) is 4.90 Å². The number of esters is 1. The van der Waals surface area contributed by atoms with Crippen molar-refractivity contribution in [3.8, 4) is 0 Å². The van der Waals surface area contributed by atoms with Gasteiger partial charge >= 0.3 is 12.1 Å². The van der Waals surface area contributed by atoms with Crippen molar-refractivity contribution in [2.75, 3.05) is 6.54 Å². The molecule has 2 aromatic carbocycles. The normalized spacial score (nSPS) is 20.8. The summed E-state index contributed by atoms with van der Waals surface area (Å²) < 4.78 is 11.2. The fourth-order valence-electron chi connectivity index (χ4n) is 4.37. The minimum atomic E-state index is -0.620. The Bertz CT molecular complexity index is 946. The molecule has 2 atom stereocenters. The first-order valence-corrected chi connectivity index (χ1v) is 11.6. The van der Waals surface area contributed by atoms with Crippen LogP contribution < -0.4 is 0 Å². The first-order chi connectivity index (χ1) is 15.3. The average Bonchev–Trinajstić information content (AvgIpc) is 3.52. The van der Waals surface area contributed by atoms with Crippen molar-refractivity contribution >= 4 is 12.1 Å². The van der Waals surface area contributed by atoms with E-state index in [0.29, 0.717) is 18.9 Å². The van der Waals surface area contributed by atoms with E-state index in [2.05, 4.69) is 24.3 Å². The molecule has 0 bridgehead atoms. The Kier molecular flexibility index (Phi) is 6.54. The smallest absolute Gasteiger partial charge is 0.411 e. The average molecular weight is 436 g/mol. The van der Waals surface area contributed by atoms with E-state index < -0.39 is 17.7 Å². The second kappa shape index (κ2) is 9.35. The van der Waals surface area contributed by atoms with Gasteiger partial charge in [-0.25, -0.2) is 9.59 Å². The van der Waals surface area contributed by atoms with Gasteiger partial charge in [0.05, 0.1) is 0 Å². The molecule has 2 fully saturated rings. The third kappa shape index (κ3) is 5.90. The predicted molar refractivity (Wildman–Crippen MR) is 123 cm³/mol. The quantitative estimate of drug-likeness (QED) is 0.564. The third-order valence-electron chi connectivity index (χ3n) is 6.04. The summed E-state index contributed by atoms with van der Waals surface area (Å²) in [5, 5.41) is 0. The molecule has 4 rings (SSSR count). The Morgan fingerprint density at radius 1 is 1.00 bits per heavy atom. The lowest BCUT2D eigenvalue weighted by molar-refractivity contribution is -0.150. The summed E-state index contributed by atoms with van der Waals surface area (Å²) in [5.41, 5.74) is 2.98. The monoisotopic (exact) mass is 435 g/mol. The molecular weight excluding hydrogens is 402 g/mol. The summed E-state index contributed by atoms with van der Waals surface area (Å²) in [6, 6.07) is 17.7. The second-order valence-corrected chi connectivity index (χ2v) is 10.1. The highest BCUT2D eigenvalue weighted by Crippen LogP contribution is 2.40. The number of ether oxygens (including phenoxy) is 2. The van der Waals surface area contributed by atoms with Crippen molar-refractivity contribution in [1.29, 1.82) is 0 Å². The lowest BCUT2D eigenvalue weighted by atomic mass is 9.95. The molecule has 170 valence electrons. The van der Waals surface area contributed by atoms with Crippen LogP contribution in [0.25, 0.3) is 0 Å². The first-order valence-electron chi connectivity index (χ1n) is 11.6. The van der Waals surface area contributed by atoms with Gasteiger partial charge in [-0.05, 0) is 75.0 Å². The Morgan fingerprint density at radius 3 is 2.41 bits per heavy atom. The maximum atomic E-state index is 13.0. The van der Waals surface area contributed by atoms with Crippen LogP contribution in [0.5, 0.6) is 0 Å². The van der Waals surface area contributed by atoms with Crippen LogP contribution in [0.3, 0.4) is 0 Å². The highest BCUT2D eigenvalue weighted by Gasteiger charge is 2.42. The Morgan fingerprint density at radius 2 is 1.72 bits per heavy atom. The molecule has 0 radical (unpaired) electrons. The van der Waals surface area contributed by atoms with E-state index >= 15 is 0 Å². The SMILES string of the molecule is CC(C)(C)OC(=O)N1C[C@@H](Cc2cccc(C3CC3)c2)C[C@@H]1C(=O)OCc1ccccc1. The van der Waals surface area contributed by atoms with Gasteiger partial charge in [0.1, 0.15) is 18.2 Å². The van der Waals surface area contributed by atoms with Gasteiger partial charge < -0.3 is 9.47 Å². The molecule has 0 spiro atoms. The first kappa shape index (κ1) is 22.4. The molecule has 1 heterocycles. The van der Waals surface area contributed by atoms with Gasteiger partial charge in [-0.15, -0.1) is 0 Å². The van der Waals surface area contributed by atoms with E-state index in [0.717, 1.165) is 12.0 Å². The van der Waals surface area contributed by atoms with Gasteiger partial charge in [0.25, 0.3) is 0 Å². The summed E-state index contributed by atoms with van der Waals surface area (Å²) in [5.74, 6) is 0.526. The van der Waals surface area contributed by atoms with Crippen LogP contribution in [-0.2, 0) is 27.3 Å². The van der Waals surface area contributed by atoms with Crippen LogP contribution in [0.15, 0.2) is 54.6 Å². The van der Waals surface area contributed by atoms with Crippen LogP contribution in [-0.4, -0.2) is 35.2 Å². The second-order valence-electron chi connectivity index (χ2n) is 10.1. The van der Waals surface area contributed by atoms with E-state index in [9.17, 15) is 9.59 Å². The largest absolute Gasteiger partial charge is 0.459 e. The molecule has 1 aliphatic carbocycles. The molecule has 5 heteroatoms. The maximum absolute atomic E-state index is 13.0. The molecule has 1 saturated carbocycles. The van der Waals surface area contributed by atoms with Crippen molar-refractivity contribution in [3.63, 3.8) is 0 Å². The fraction of sp³-hybridized carbons (Fsp3) is 0.481. The number of amides is 1. The van der Waals surface area contributed by atoms with Crippen molar-refractivity contribution in [3.05, 3.63) is 71.3 Å². The Hall–Kier alpha value is -2.82. The van der Waals surface area contributed by atoms with Gasteiger partial charge in [-0.2, -0.15) is 0 Å². The summed E-state index contributed by atoms with van der Waals surface area (Å²) in [6.07, 6.45) is 3.51. The maximum Gasteiger partial charge on any atom is 0.411 e. The lowest BCUT2D eigenvalue weighted by Gasteiger charge is -2.27. The molecule has 1 saturated heterocycles. The van der Waals surface area contributed by atoms with Crippen LogP contribution in [0.2, 0.25) is 0 Å². The predicted octanol–water partition coefficient (Wildman–Crippen LogP) is 5.48. The summed E-state index contributed by atoms with van der Waals surface area (Å²) in [6.45, 7) is 6.21. The lowest BCUT2D eigenvalue weighted by Crippen LogP contribution is -2.44. The van der Waals surface area contributed by atoms with Crippen LogP contribution in [0.4, 0.5) is 4.79 Å².